The van der Waals surface area contributed by atoms with Crippen molar-refractivity contribution in [3.8, 4) is 0 Å². The van der Waals surface area contributed by atoms with Crippen molar-refractivity contribution in [1.29, 1.82) is 0 Å². The number of fused-ring (bicyclic) bond motifs is 1. The first-order valence-electron chi connectivity index (χ1n) is 6.16. The summed E-state index contributed by atoms with van der Waals surface area (Å²) < 4.78 is 25.7. The molecule has 1 fully saturated rings. The van der Waals surface area contributed by atoms with Crippen LogP contribution in [-0.2, 0) is 10.8 Å². The molecule has 7 heteroatoms. The van der Waals surface area contributed by atoms with Crippen molar-refractivity contribution in [2.24, 2.45) is 0 Å². The zero-order valence-electron chi connectivity index (χ0n) is 10.5. The Morgan fingerprint density at radius 3 is 2.70 bits per heavy atom. The molecule has 4 nitrogen and oxygen atoms in total. The van der Waals surface area contributed by atoms with Gasteiger partial charge in [0.15, 0.2) is 0 Å². The molecular weight excluding hydrogens is 347 g/mol. The lowest BCUT2D eigenvalue weighted by Gasteiger charge is -2.25. The quantitative estimate of drug-likeness (QED) is 0.850. The van der Waals surface area contributed by atoms with E-state index in [0.29, 0.717) is 45.7 Å². The summed E-state index contributed by atoms with van der Waals surface area (Å²) in [5.74, 6) is 0.468. The Balaban J connectivity index is 1.92. The molecular formula is C13H12BrFN2O2S. The number of aromatic nitrogens is 1. The Bertz CT molecular complexity index is 706. The number of nitrogens with zero attached hydrogens (tertiary/aromatic N) is 1. The van der Waals surface area contributed by atoms with Crippen LogP contribution in [0.4, 0.5) is 4.39 Å². The van der Waals surface area contributed by atoms with E-state index in [-0.39, 0.29) is 11.7 Å². The summed E-state index contributed by atoms with van der Waals surface area (Å²) in [6, 6.07) is 4.64. The SMILES string of the molecule is O=C(c1cc2c(F)cc(Br)cc2[nH]1)N1CCS(=O)CC1. The Morgan fingerprint density at radius 2 is 2.00 bits per heavy atom. The second kappa shape index (κ2) is 5.29. The van der Waals surface area contributed by atoms with Crippen molar-refractivity contribution in [1.82, 2.24) is 9.88 Å². The summed E-state index contributed by atoms with van der Waals surface area (Å²) >= 11 is 3.22. The molecule has 0 atom stereocenters. The van der Waals surface area contributed by atoms with Crippen LogP contribution in [0.2, 0.25) is 0 Å². The number of hydrogen-bond acceptors (Lipinski definition) is 2. The van der Waals surface area contributed by atoms with Crippen molar-refractivity contribution in [2.75, 3.05) is 24.6 Å². The molecule has 1 aliphatic heterocycles. The minimum atomic E-state index is -0.826. The van der Waals surface area contributed by atoms with Gasteiger partial charge in [0.25, 0.3) is 5.91 Å². The third-order valence-corrected chi connectivity index (χ3v) is 5.08. The van der Waals surface area contributed by atoms with Crippen LogP contribution in [0, 0.1) is 5.82 Å². The number of rotatable bonds is 1. The van der Waals surface area contributed by atoms with Crippen LogP contribution in [-0.4, -0.2) is 44.6 Å². The summed E-state index contributed by atoms with van der Waals surface area (Å²) in [5.41, 5.74) is 0.950. The monoisotopic (exact) mass is 358 g/mol. The predicted octanol–water partition coefficient (Wildman–Crippen LogP) is 2.27. The van der Waals surface area contributed by atoms with E-state index in [1.54, 1.807) is 11.0 Å². The smallest absolute Gasteiger partial charge is 0.270 e. The van der Waals surface area contributed by atoms with Gasteiger partial charge in [-0.25, -0.2) is 4.39 Å². The first-order chi connectivity index (χ1) is 9.54. The molecule has 1 aromatic heterocycles. The maximum Gasteiger partial charge on any atom is 0.270 e. The number of H-pyrrole nitrogens is 1. The highest BCUT2D eigenvalue weighted by atomic mass is 79.9. The number of benzene rings is 1. The normalized spacial score (nSPS) is 16.8. The van der Waals surface area contributed by atoms with E-state index in [1.807, 2.05) is 0 Å². The fourth-order valence-electron chi connectivity index (χ4n) is 2.29. The molecule has 1 saturated heterocycles. The van der Waals surface area contributed by atoms with Gasteiger partial charge in [-0.1, -0.05) is 15.9 Å². The van der Waals surface area contributed by atoms with Crippen molar-refractivity contribution in [2.45, 2.75) is 0 Å². The molecule has 1 amide bonds. The highest BCUT2D eigenvalue weighted by molar-refractivity contribution is 9.10. The first kappa shape index (κ1) is 13.8. The van der Waals surface area contributed by atoms with Gasteiger partial charge in [-0.2, -0.15) is 0 Å². The molecule has 0 bridgehead atoms. The van der Waals surface area contributed by atoms with Crippen LogP contribution >= 0.6 is 15.9 Å². The maximum absolute atomic E-state index is 13.8. The van der Waals surface area contributed by atoms with Gasteiger partial charge >= 0.3 is 0 Å². The van der Waals surface area contributed by atoms with Gasteiger partial charge in [0.2, 0.25) is 0 Å². The van der Waals surface area contributed by atoms with Gasteiger partial charge in [0.1, 0.15) is 11.5 Å². The Hall–Kier alpha value is -1.21. The molecule has 1 aliphatic rings. The number of amides is 1. The first-order valence-corrected chi connectivity index (χ1v) is 8.45. The molecule has 0 aliphatic carbocycles. The standard InChI is InChI=1S/C13H12BrFN2O2S/c14-8-5-10(15)9-7-12(16-11(9)6-8)13(18)17-1-3-20(19)4-2-17/h5-7,16H,1-4H2. The minimum absolute atomic E-state index is 0.173. The lowest BCUT2D eigenvalue weighted by molar-refractivity contribution is 0.0766. The van der Waals surface area contributed by atoms with E-state index in [2.05, 4.69) is 20.9 Å². The third-order valence-electron chi connectivity index (χ3n) is 3.35. The van der Waals surface area contributed by atoms with E-state index < -0.39 is 10.8 Å². The zero-order chi connectivity index (χ0) is 14.3. The molecule has 1 N–H and O–H groups in total. The van der Waals surface area contributed by atoms with E-state index in [9.17, 15) is 13.4 Å². The maximum atomic E-state index is 13.8. The summed E-state index contributed by atoms with van der Waals surface area (Å²) in [4.78, 5) is 16.9. The average molecular weight is 359 g/mol. The molecule has 1 aromatic carbocycles. The number of nitrogens with one attached hydrogen (secondary N) is 1. The second-order valence-corrected chi connectivity index (χ2v) is 7.28. The van der Waals surface area contributed by atoms with E-state index >= 15 is 0 Å². The van der Waals surface area contributed by atoms with Gasteiger partial charge in [-0.05, 0) is 18.2 Å². The van der Waals surface area contributed by atoms with Crippen LogP contribution in [0.1, 0.15) is 10.5 Å². The molecule has 106 valence electrons. The highest BCUT2D eigenvalue weighted by Crippen LogP contribution is 2.24. The summed E-state index contributed by atoms with van der Waals surface area (Å²) in [5, 5.41) is 0.400. The molecule has 0 spiro atoms. The van der Waals surface area contributed by atoms with E-state index in [0.717, 1.165) is 0 Å². The average Bonchev–Trinajstić information content (AvgIpc) is 2.83. The predicted molar refractivity (Wildman–Crippen MR) is 79.7 cm³/mol. The lowest BCUT2D eigenvalue weighted by Crippen LogP contribution is -2.41. The highest BCUT2D eigenvalue weighted by Gasteiger charge is 2.23. The third kappa shape index (κ3) is 2.52. The van der Waals surface area contributed by atoms with Gasteiger partial charge in [-0.3, -0.25) is 9.00 Å². The van der Waals surface area contributed by atoms with E-state index in [4.69, 9.17) is 0 Å². The van der Waals surface area contributed by atoms with Crippen LogP contribution < -0.4 is 0 Å². The van der Waals surface area contributed by atoms with Gasteiger partial charge in [0, 0.05) is 45.3 Å². The molecule has 2 heterocycles. The van der Waals surface area contributed by atoms with Crippen LogP contribution in [0.15, 0.2) is 22.7 Å². The summed E-state index contributed by atoms with van der Waals surface area (Å²) in [6.07, 6.45) is 0. The van der Waals surface area contributed by atoms with Gasteiger partial charge < -0.3 is 9.88 Å². The number of carbonyl (C=O) groups excluding carboxylic acids is 1. The molecule has 20 heavy (non-hydrogen) atoms. The zero-order valence-corrected chi connectivity index (χ0v) is 12.9. The number of hydrogen-bond donors (Lipinski definition) is 1. The number of halogens is 2. The molecule has 3 rings (SSSR count). The van der Waals surface area contributed by atoms with Gasteiger partial charge in [-0.15, -0.1) is 0 Å². The van der Waals surface area contributed by atoms with Crippen molar-refractivity contribution in [3.63, 3.8) is 0 Å². The summed E-state index contributed by atoms with van der Waals surface area (Å²) in [6.45, 7) is 0.958. The Morgan fingerprint density at radius 1 is 1.30 bits per heavy atom. The molecule has 0 unspecified atom stereocenters. The lowest BCUT2D eigenvalue weighted by atomic mass is 10.2. The minimum Gasteiger partial charge on any atom is -0.350 e. The summed E-state index contributed by atoms with van der Waals surface area (Å²) in [7, 11) is -0.826. The van der Waals surface area contributed by atoms with Crippen molar-refractivity contribution >= 4 is 43.5 Å². The fraction of sp³-hybridized carbons (Fsp3) is 0.308. The number of carbonyl (C=O) groups is 1. The van der Waals surface area contributed by atoms with Crippen molar-refractivity contribution in [3.05, 3.63) is 34.2 Å². The van der Waals surface area contributed by atoms with Crippen LogP contribution in [0.25, 0.3) is 10.9 Å². The second-order valence-electron chi connectivity index (χ2n) is 4.67. The van der Waals surface area contributed by atoms with Crippen LogP contribution in [0.3, 0.4) is 0 Å². The Labute approximate surface area is 125 Å². The largest absolute Gasteiger partial charge is 0.350 e. The van der Waals surface area contributed by atoms with Crippen LogP contribution in [0.5, 0.6) is 0 Å². The fourth-order valence-corrected chi connectivity index (χ4v) is 3.77. The Kier molecular flexibility index (Phi) is 3.64. The number of aromatic amines is 1. The molecule has 0 radical (unpaired) electrons. The molecule has 0 saturated carbocycles. The van der Waals surface area contributed by atoms with E-state index in [1.165, 1.54) is 12.1 Å². The van der Waals surface area contributed by atoms with Gasteiger partial charge in [0.05, 0.1) is 5.52 Å². The topological polar surface area (TPSA) is 53.2 Å². The van der Waals surface area contributed by atoms with Crippen molar-refractivity contribution < 1.29 is 13.4 Å². The molecule has 2 aromatic rings.